The number of rotatable bonds is 0. The number of halogens is 1. The van der Waals surface area contributed by atoms with Crippen molar-refractivity contribution in [2.24, 2.45) is 0 Å². The number of aryl methyl sites for hydroxylation is 1. The third-order valence-electron chi connectivity index (χ3n) is 1.28. The lowest BCUT2D eigenvalue weighted by molar-refractivity contribution is 0.858. The fourth-order valence-corrected chi connectivity index (χ4v) is 1.14. The van der Waals surface area contributed by atoms with E-state index in [1.165, 1.54) is 4.52 Å². The van der Waals surface area contributed by atoms with E-state index in [4.69, 9.17) is 0 Å². The Kier molecular flexibility index (Phi) is 1.38. The van der Waals surface area contributed by atoms with E-state index in [1.807, 2.05) is 6.92 Å². The maximum Gasteiger partial charge on any atom is 0.202 e. The molecule has 0 unspecified atom stereocenters. The zero-order chi connectivity index (χ0) is 7.84. The zero-order valence-electron chi connectivity index (χ0n) is 5.74. The third kappa shape index (κ3) is 1.01. The second-order valence-corrected chi connectivity index (χ2v) is 2.95. The van der Waals surface area contributed by atoms with E-state index in [2.05, 4.69) is 37.3 Å². The summed E-state index contributed by atoms with van der Waals surface area (Å²) in [5, 5.41) is 3.95. The molecule has 0 atom stereocenters. The molecule has 0 aromatic carbocycles. The zero-order valence-corrected chi connectivity index (χ0v) is 7.33. The van der Waals surface area contributed by atoms with Crippen LogP contribution >= 0.6 is 15.9 Å². The first-order chi connectivity index (χ1) is 5.27. The summed E-state index contributed by atoms with van der Waals surface area (Å²) >= 11 is 3.31. The fraction of sp³-hybridized carbons (Fsp3) is 0.167. The minimum atomic E-state index is 0.693. The van der Waals surface area contributed by atoms with Crippen LogP contribution in [-0.4, -0.2) is 19.6 Å². The highest BCUT2D eigenvalue weighted by molar-refractivity contribution is 9.10. The molecule has 1 radical (unpaired) electrons. The van der Waals surface area contributed by atoms with Gasteiger partial charge in [0.15, 0.2) is 5.65 Å². The summed E-state index contributed by atoms with van der Waals surface area (Å²) in [4.78, 5) is 8.01. The molecular weight excluding hydrogens is 208 g/mol. The molecule has 0 amide bonds. The fourth-order valence-electron chi connectivity index (χ4n) is 0.794. The monoisotopic (exact) mass is 211 g/mol. The van der Waals surface area contributed by atoms with Gasteiger partial charge in [0.05, 0.1) is 10.7 Å². The summed E-state index contributed by atoms with van der Waals surface area (Å²) in [5.74, 6) is 0.693. The summed E-state index contributed by atoms with van der Waals surface area (Å²) < 4.78 is 2.36. The number of hydrogen-bond donors (Lipinski definition) is 0. The predicted molar refractivity (Wildman–Crippen MR) is 42.1 cm³/mol. The van der Waals surface area contributed by atoms with Crippen LogP contribution in [0, 0.1) is 13.3 Å². The molecule has 0 saturated heterocycles. The first kappa shape index (κ1) is 6.72. The van der Waals surface area contributed by atoms with Gasteiger partial charge in [0, 0.05) is 0 Å². The Morgan fingerprint density at radius 3 is 3.27 bits per heavy atom. The van der Waals surface area contributed by atoms with Crippen molar-refractivity contribution in [1.29, 1.82) is 0 Å². The molecule has 0 aliphatic rings. The Morgan fingerprint density at radius 2 is 2.45 bits per heavy atom. The summed E-state index contributed by atoms with van der Waals surface area (Å²) in [5.41, 5.74) is 0.748. The van der Waals surface area contributed by atoms with E-state index >= 15 is 0 Å². The Labute approximate surface area is 71.4 Å². The van der Waals surface area contributed by atoms with Crippen LogP contribution in [-0.2, 0) is 0 Å². The van der Waals surface area contributed by atoms with Crippen molar-refractivity contribution in [2.45, 2.75) is 6.92 Å². The van der Waals surface area contributed by atoms with Crippen molar-refractivity contribution < 1.29 is 0 Å². The van der Waals surface area contributed by atoms with E-state index in [-0.39, 0.29) is 0 Å². The van der Waals surface area contributed by atoms with E-state index < -0.39 is 0 Å². The summed E-state index contributed by atoms with van der Waals surface area (Å²) in [6.07, 6.45) is 4.37. The Morgan fingerprint density at radius 1 is 1.64 bits per heavy atom. The quantitative estimate of drug-likeness (QED) is 0.654. The SMILES string of the molecule is Cc1n[c]n2ncc(Br)c2n1. The number of fused-ring (bicyclic) bond motifs is 1. The van der Waals surface area contributed by atoms with Crippen molar-refractivity contribution in [3.63, 3.8) is 0 Å². The molecule has 11 heavy (non-hydrogen) atoms. The van der Waals surface area contributed by atoms with Crippen LogP contribution in [0.15, 0.2) is 10.7 Å². The van der Waals surface area contributed by atoms with Gasteiger partial charge in [0.2, 0.25) is 6.33 Å². The highest BCUT2D eigenvalue weighted by atomic mass is 79.9. The lowest BCUT2D eigenvalue weighted by atomic mass is 10.6. The second-order valence-electron chi connectivity index (χ2n) is 2.10. The first-order valence-electron chi connectivity index (χ1n) is 3.03. The van der Waals surface area contributed by atoms with Crippen LogP contribution in [0.25, 0.3) is 5.65 Å². The van der Waals surface area contributed by atoms with Crippen molar-refractivity contribution >= 4 is 21.6 Å². The summed E-state index contributed by atoms with van der Waals surface area (Å²) in [6.45, 7) is 1.82. The Balaban J connectivity index is 2.87. The number of aromatic nitrogens is 4. The first-order valence-corrected chi connectivity index (χ1v) is 3.82. The van der Waals surface area contributed by atoms with Crippen LogP contribution in [0.2, 0.25) is 0 Å². The molecule has 0 saturated carbocycles. The normalized spacial score (nSPS) is 10.7. The van der Waals surface area contributed by atoms with Crippen LogP contribution in [0.5, 0.6) is 0 Å². The standard InChI is InChI=1S/C6H4BrN4/c1-4-8-3-11-6(10-4)5(7)2-9-11/h2H,1H3. The van der Waals surface area contributed by atoms with Crippen LogP contribution < -0.4 is 0 Å². The van der Waals surface area contributed by atoms with Crippen molar-refractivity contribution in [3.05, 3.63) is 22.8 Å². The Hall–Kier alpha value is -0.970. The Bertz CT molecular complexity index is 394. The van der Waals surface area contributed by atoms with Gasteiger partial charge in [-0.2, -0.15) is 9.61 Å². The van der Waals surface area contributed by atoms with E-state index in [9.17, 15) is 0 Å². The van der Waals surface area contributed by atoms with E-state index in [0.717, 1.165) is 10.1 Å². The van der Waals surface area contributed by atoms with Gasteiger partial charge in [-0.3, -0.25) is 0 Å². The molecule has 0 aliphatic carbocycles. The molecular formula is C6H4BrN4. The molecule has 4 nitrogen and oxygen atoms in total. The van der Waals surface area contributed by atoms with Crippen LogP contribution in [0.4, 0.5) is 0 Å². The molecule has 2 rings (SSSR count). The molecule has 0 bridgehead atoms. The molecule has 2 aromatic rings. The van der Waals surface area contributed by atoms with Gasteiger partial charge in [-0.15, -0.1) is 0 Å². The molecule has 2 heterocycles. The maximum absolute atomic E-state index is 4.15. The van der Waals surface area contributed by atoms with E-state index in [1.54, 1.807) is 6.20 Å². The molecule has 5 heteroatoms. The van der Waals surface area contributed by atoms with Gasteiger partial charge in [-0.05, 0) is 22.9 Å². The second kappa shape index (κ2) is 2.27. The topological polar surface area (TPSA) is 43.1 Å². The highest BCUT2D eigenvalue weighted by Crippen LogP contribution is 2.13. The lowest BCUT2D eigenvalue weighted by Crippen LogP contribution is -1.95. The molecule has 0 N–H and O–H groups in total. The molecule has 0 spiro atoms. The van der Waals surface area contributed by atoms with Crippen molar-refractivity contribution in [1.82, 2.24) is 19.6 Å². The minimum Gasteiger partial charge on any atom is -0.213 e. The van der Waals surface area contributed by atoms with Crippen LogP contribution in [0.3, 0.4) is 0 Å². The minimum absolute atomic E-state index is 0.693. The molecule has 0 fully saturated rings. The van der Waals surface area contributed by atoms with Gasteiger partial charge in [0.25, 0.3) is 0 Å². The smallest absolute Gasteiger partial charge is 0.202 e. The van der Waals surface area contributed by atoms with Crippen LogP contribution in [0.1, 0.15) is 5.82 Å². The summed E-state index contributed by atoms with van der Waals surface area (Å²) in [6, 6.07) is 0. The lowest BCUT2D eigenvalue weighted by Gasteiger charge is -1.91. The van der Waals surface area contributed by atoms with Gasteiger partial charge in [-0.1, -0.05) is 0 Å². The average Bonchev–Trinajstić information content (AvgIpc) is 2.33. The molecule has 0 aliphatic heterocycles. The largest absolute Gasteiger partial charge is 0.213 e. The molecule has 2 aromatic heterocycles. The van der Waals surface area contributed by atoms with Gasteiger partial charge in [-0.25, -0.2) is 9.97 Å². The van der Waals surface area contributed by atoms with Crippen molar-refractivity contribution in [2.75, 3.05) is 0 Å². The third-order valence-corrected chi connectivity index (χ3v) is 1.83. The van der Waals surface area contributed by atoms with Gasteiger partial charge >= 0.3 is 0 Å². The number of nitrogens with zero attached hydrogens (tertiary/aromatic N) is 4. The summed E-state index contributed by atoms with van der Waals surface area (Å²) in [7, 11) is 0. The van der Waals surface area contributed by atoms with Crippen molar-refractivity contribution in [3.8, 4) is 0 Å². The van der Waals surface area contributed by atoms with E-state index in [0.29, 0.717) is 5.82 Å². The van der Waals surface area contributed by atoms with Gasteiger partial charge in [0.1, 0.15) is 5.82 Å². The number of hydrogen-bond acceptors (Lipinski definition) is 3. The van der Waals surface area contributed by atoms with Gasteiger partial charge < -0.3 is 0 Å². The average molecular weight is 212 g/mol. The highest BCUT2D eigenvalue weighted by Gasteiger charge is 2.01. The maximum atomic E-state index is 4.15. The predicted octanol–water partition coefficient (Wildman–Crippen LogP) is 0.995. The molecule has 55 valence electrons.